The van der Waals surface area contributed by atoms with Crippen molar-refractivity contribution < 1.29 is 14.0 Å². The van der Waals surface area contributed by atoms with E-state index in [2.05, 4.69) is 5.32 Å². The quantitative estimate of drug-likeness (QED) is 0.861. The van der Waals surface area contributed by atoms with E-state index in [1.165, 1.54) is 12.1 Å². The SMILES string of the molecule is O=C(NCC1(c2ccc(F)cc2)CCCC1)C1CCN(C(=O)C2CC2)CC1. The van der Waals surface area contributed by atoms with E-state index < -0.39 is 0 Å². The van der Waals surface area contributed by atoms with Crippen molar-refractivity contribution in [3.05, 3.63) is 35.6 Å². The van der Waals surface area contributed by atoms with Gasteiger partial charge in [0.15, 0.2) is 0 Å². The topological polar surface area (TPSA) is 49.4 Å². The Morgan fingerprint density at radius 2 is 1.63 bits per heavy atom. The molecule has 0 bridgehead atoms. The Kier molecular flexibility index (Phi) is 5.20. The molecule has 1 N–H and O–H groups in total. The summed E-state index contributed by atoms with van der Waals surface area (Å²) >= 11 is 0. The van der Waals surface area contributed by atoms with Crippen molar-refractivity contribution in [2.45, 2.75) is 56.8 Å². The fourth-order valence-electron chi connectivity index (χ4n) is 4.77. The van der Waals surface area contributed by atoms with E-state index >= 15 is 0 Å². The van der Waals surface area contributed by atoms with Gasteiger partial charge < -0.3 is 10.2 Å². The predicted octanol–water partition coefficient (Wildman–Crippen LogP) is 3.40. The lowest BCUT2D eigenvalue weighted by Gasteiger charge is -2.34. The van der Waals surface area contributed by atoms with Gasteiger partial charge in [0.25, 0.3) is 0 Å². The maximum absolute atomic E-state index is 13.3. The van der Waals surface area contributed by atoms with Gasteiger partial charge in [0.05, 0.1) is 0 Å². The average molecular weight is 372 g/mol. The monoisotopic (exact) mass is 372 g/mol. The summed E-state index contributed by atoms with van der Waals surface area (Å²) < 4.78 is 13.3. The largest absolute Gasteiger partial charge is 0.355 e. The van der Waals surface area contributed by atoms with E-state index in [0.717, 1.165) is 56.9 Å². The minimum atomic E-state index is -0.219. The Labute approximate surface area is 160 Å². The van der Waals surface area contributed by atoms with E-state index in [0.29, 0.717) is 19.6 Å². The van der Waals surface area contributed by atoms with E-state index in [1.54, 1.807) is 0 Å². The highest BCUT2D eigenvalue weighted by molar-refractivity contribution is 5.82. The third kappa shape index (κ3) is 4.02. The van der Waals surface area contributed by atoms with Crippen molar-refractivity contribution in [1.82, 2.24) is 10.2 Å². The van der Waals surface area contributed by atoms with Crippen LogP contribution in [0.3, 0.4) is 0 Å². The van der Waals surface area contributed by atoms with Crippen LogP contribution in [0.25, 0.3) is 0 Å². The summed E-state index contributed by atoms with van der Waals surface area (Å²) in [4.78, 5) is 26.8. The molecule has 4 nitrogen and oxygen atoms in total. The molecule has 5 heteroatoms. The normalized spacial score (nSPS) is 22.6. The Morgan fingerprint density at radius 3 is 2.22 bits per heavy atom. The van der Waals surface area contributed by atoms with Gasteiger partial charge in [-0.2, -0.15) is 0 Å². The van der Waals surface area contributed by atoms with Crippen molar-refractivity contribution in [2.75, 3.05) is 19.6 Å². The van der Waals surface area contributed by atoms with E-state index in [-0.39, 0.29) is 34.9 Å². The maximum Gasteiger partial charge on any atom is 0.225 e. The molecule has 146 valence electrons. The van der Waals surface area contributed by atoms with Crippen molar-refractivity contribution in [3.63, 3.8) is 0 Å². The molecule has 2 aliphatic carbocycles. The van der Waals surface area contributed by atoms with Gasteiger partial charge in [0.1, 0.15) is 5.82 Å². The van der Waals surface area contributed by atoms with E-state index in [9.17, 15) is 14.0 Å². The number of piperidine rings is 1. The van der Waals surface area contributed by atoms with Gasteiger partial charge in [0.2, 0.25) is 11.8 Å². The number of nitrogens with zero attached hydrogens (tertiary/aromatic N) is 1. The Balaban J connectivity index is 1.32. The summed E-state index contributed by atoms with van der Waals surface area (Å²) in [6, 6.07) is 6.78. The molecule has 27 heavy (non-hydrogen) atoms. The van der Waals surface area contributed by atoms with Crippen LogP contribution < -0.4 is 5.32 Å². The third-order valence-electron chi connectivity index (χ3n) is 6.72. The number of rotatable bonds is 5. The van der Waals surface area contributed by atoms with Gasteiger partial charge in [-0.1, -0.05) is 25.0 Å². The molecule has 1 heterocycles. The standard InChI is InChI=1S/C22H29FN2O2/c23-19-7-5-18(6-8-19)22(11-1-2-12-22)15-24-20(26)16-9-13-25(14-10-16)21(27)17-3-4-17/h5-8,16-17H,1-4,9-15H2,(H,24,26). The zero-order valence-electron chi connectivity index (χ0n) is 15.9. The highest BCUT2D eigenvalue weighted by atomic mass is 19.1. The number of carbonyl (C=O) groups is 2. The second kappa shape index (κ2) is 7.61. The van der Waals surface area contributed by atoms with Gasteiger partial charge in [-0.15, -0.1) is 0 Å². The first-order valence-electron chi connectivity index (χ1n) is 10.4. The lowest BCUT2D eigenvalue weighted by atomic mass is 9.78. The Hall–Kier alpha value is -1.91. The van der Waals surface area contributed by atoms with Crippen LogP contribution in [-0.2, 0) is 15.0 Å². The lowest BCUT2D eigenvalue weighted by Crippen LogP contribution is -2.46. The van der Waals surface area contributed by atoms with Crippen LogP contribution in [0.4, 0.5) is 4.39 Å². The number of benzene rings is 1. The van der Waals surface area contributed by atoms with Crippen LogP contribution >= 0.6 is 0 Å². The second-order valence-electron chi connectivity index (χ2n) is 8.59. The smallest absolute Gasteiger partial charge is 0.225 e. The van der Waals surface area contributed by atoms with Gasteiger partial charge in [-0.25, -0.2) is 4.39 Å². The molecule has 1 saturated heterocycles. The van der Waals surface area contributed by atoms with Crippen LogP contribution in [0, 0.1) is 17.7 Å². The predicted molar refractivity (Wildman–Crippen MR) is 102 cm³/mol. The van der Waals surface area contributed by atoms with E-state index in [1.807, 2.05) is 17.0 Å². The minimum Gasteiger partial charge on any atom is -0.355 e. The summed E-state index contributed by atoms with van der Waals surface area (Å²) in [6.45, 7) is 2.03. The minimum absolute atomic E-state index is 0.0000704. The number of likely N-dealkylation sites (tertiary alicyclic amines) is 1. The number of nitrogens with one attached hydrogen (secondary N) is 1. The molecule has 0 atom stereocenters. The number of halogens is 1. The summed E-state index contributed by atoms with van der Waals surface area (Å²) in [7, 11) is 0. The fourth-order valence-corrected chi connectivity index (χ4v) is 4.77. The molecule has 3 aliphatic rings. The summed E-state index contributed by atoms with van der Waals surface area (Å²) in [6.07, 6.45) is 7.95. The van der Waals surface area contributed by atoms with Gasteiger partial charge in [-0.3, -0.25) is 9.59 Å². The Morgan fingerprint density at radius 1 is 1.00 bits per heavy atom. The first-order valence-corrected chi connectivity index (χ1v) is 10.4. The van der Waals surface area contributed by atoms with Gasteiger partial charge in [0, 0.05) is 36.9 Å². The van der Waals surface area contributed by atoms with Crippen LogP contribution in [0.15, 0.2) is 24.3 Å². The first-order chi connectivity index (χ1) is 13.1. The van der Waals surface area contributed by atoms with Crippen LogP contribution in [-0.4, -0.2) is 36.3 Å². The number of hydrogen-bond donors (Lipinski definition) is 1. The first kappa shape index (κ1) is 18.5. The van der Waals surface area contributed by atoms with Crippen molar-refractivity contribution in [3.8, 4) is 0 Å². The van der Waals surface area contributed by atoms with Gasteiger partial charge in [-0.05, 0) is 56.2 Å². The molecule has 3 fully saturated rings. The molecule has 0 aromatic heterocycles. The van der Waals surface area contributed by atoms with Crippen molar-refractivity contribution in [1.29, 1.82) is 0 Å². The molecule has 2 saturated carbocycles. The van der Waals surface area contributed by atoms with Crippen LogP contribution in [0.2, 0.25) is 0 Å². The highest BCUT2D eigenvalue weighted by Gasteiger charge is 2.38. The molecule has 1 aromatic carbocycles. The summed E-state index contributed by atoms with van der Waals surface area (Å²) in [5.41, 5.74) is 1.07. The third-order valence-corrected chi connectivity index (χ3v) is 6.72. The van der Waals surface area contributed by atoms with Gasteiger partial charge >= 0.3 is 0 Å². The molecular weight excluding hydrogens is 343 g/mol. The molecule has 1 aromatic rings. The molecule has 1 aliphatic heterocycles. The number of amides is 2. The average Bonchev–Trinajstić information content (AvgIpc) is 3.44. The zero-order valence-corrected chi connectivity index (χ0v) is 15.9. The Bertz CT molecular complexity index is 685. The summed E-state index contributed by atoms with van der Waals surface area (Å²) in [5.74, 6) is 0.439. The van der Waals surface area contributed by atoms with E-state index in [4.69, 9.17) is 0 Å². The molecule has 4 rings (SSSR count). The maximum atomic E-state index is 13.3. The highest BCUT2D eigenvalue weighted by Crippen LogP contribution is 2.41. The second-order valence-corrected chi connectivity index (χ2v) is 8.59. The van der Waals surface area contributed by atoms with Crippen molar-refractivity contribution >= 4 is 11.8 Å². The molecule has 2 amide bonds. The zero-order chi connectivity index (χ0) is 18.9. The molecule has 0 spiro atoms. The molecule has 0 radical (unpaired) electrons. The van der Waals surface area contributed by atoms with Crippen molar-refractivity contribution in [2.24, 2.45) is 11.8 Å². The number of carbonyl (C=O) groups excluding carboxylic acids is 2. The molecule has 0 unspecified atom stereocenters. The summed E-state index contributed by atoms with van der Waals surface area (Å²) in [5, 5.41) is 3.19. The fraction of sp³-hybridized carbons (Fsp3) is 0.636. The number of hydrogen-bond acceptors (Lipinski definition) is 2. The molecular formula is C22H29FN2O2. The lowest BCUT2D eigenvalue weighted by molar-refractivity contribution is -0.136. The van der Waals surface area contributed by atoms with Crippen LogP contribution in [0.5, 0.6) is 0 Å². The van der Waals surface area contributed by atoms with Crippen LogP contribution in [0.1, 0.15) is 56.9 Å².